The number of rotatable bonds is 7. The summed E-state index contributed by atoms with van der Waals surface area (Å²) >= 11 is 2.04. The minimum absolute atomic E-state index is 0. The average Bonchev–Trinajstić information content (AvgIpc) is 2.05. The van der Waals surface area contributed by atoms with Crippen molar-refractivity contribution in [1.82, 2.24) is 0 Å². The molecular weight excluding hydrogens is 188 g/mol. The SMILES string of the molecule is COC(CCCC[CH2][Mg+])OC.[Cl-]. The van der Waals surface area contributed by atoms with Gasteiger partial charge in [-0.2, -0.15) is 0 Å². The van der Waals surface area contributed by atoms with Crippen molar-refractivity contribution < 1.29 is 21.9 Å². The molecule has 0 bridgehead atoms. The molecule has 0 aliphatic carbocycles. The predicted octanol–water partition coefficient (Wildman–Crippen LogP) is -1.24. The molecular formula is C8H17ClMgO2. The Hall–Kier alpha value is 0.976. The first-order valence-corrected chi connectivity index (χ1v) is 5.20. The maximum atomic E-state index is 5.06. The van der Waals surface area contributed by atoms with Crippen molar-refractivity contribution in [2.24, 2.45) is 0 Å². The Labute approximate surface area is 94.2 Å². The van der Waals surface area contributed by atoms with Crippen LogP contribution < -0.4 is 12.4 Å². The Bertz CT molecular complexity index is 79.5. The van der Waals surface area contributed by atoms with Crippen LogP contribution in [0, 0.1) is 0 Å². The van der Waals surface area contributed by atoms with Crippen LogP contribution in [0.4, 0.5) is 0 Å². The minimum Gasteiger partial charge on any atom is -1.00 e. The van der Waals surface area contributed by atoms with Crippen molar-refractivity contribution in [3.8, 4) is 0 Å². The largest absolute Gasteiger partial charge is 1.00 e. The van der Waals surface area contributed by atoms with Crippen LogP contribution in [0.3, 0.4) is 0 Å². The number of unbranched alkanes of at least 4 members (excludes halogenated alkanes) is 2. The number of hydrogen-bond acceptors (Lipinski definition) is 2. The molecule has 0 aliphatic rings. The molecule has 0 aromatic heterocycles. The van der Waals surface area contributed by atoms with Gasteiger partial charge >= 0.3 is 81.9 Å². The first-order valence-electron chi connectivity index (χ1n) is 4.20. The molecule has 0 spiro atoms. The summed E-state index contributed by atoms with van der Waals surface area (Å²) < 4.78 is 11.4. The number of hydrogen-bond donors (Lipinski definition) is 0. The molecule has 0 saturated carbocycles. The van der Waals surface area contributed by atoms with Crippen LogP contribution in [0.25, 0.3) is 0 Å². The van der Waals surface area contributed by atoms with E-state index in [0.717, 1.165) is 6.42 Å². The summed E-state index contributed by atoms with van der Waals surface area (Å²) in [6.07, 6.45) is 4.88. The van der Waals surface area contributed by atoms with E-state index >= 15 is 0 Å². The normalized spacial score (nSPS) is 10.1. The van der Waals surface area contributed by atoms with Crippen LogP contribution >= 0.6 is 0 Å². The molecule has 4 heteroatoms. The van der Waals surface area contributed by atoms with E-state index in [4.69, 9.17) is 9.47 Å². The fraction of sp³-hybridized carbons (Fsp3) is 1.00. The minimum atomic E-state index is 0. The number of ether oxygens (including phenoxy) is 2. The van der Waals surface area contributed by atoms with Gasteiger partial charge < -0.3 is 12.4 Å². The van der Waals surface area contributed by atoms with Crippen LogP contribution in [0.1, 0.15) is 25.7 Å². The van der Waals surface area contributed by atoms with Gasteiger partial charge in [-0.05, 0) is 0 Å². The van der Waals surface area contributed by atoms with E-state index < -0.39 is 0 Å². The van der Waals surface area contributed by atoms with Crippen molar-refractivity contribution in [3.63, 3.8) is 0 Å². The van der Waals surface area contributed by atoms with E-state index in [1.807, 2.05) is 21.7 Å². The standard InChI is InChI=1S/C8H17O2.ClH.Mg/c1-4-5-6-7-8(9-2)10-3;;/h8H,1,4-7H2,2-3H3;1H;/q;;+1/p-1. The average molecular weight is 205 g/mol. The Kier molecular flexibility index (Phi) is 15.4. The molecule has 0 saturated heterocycles. The molecule has 0 heterocycles. The van der Waals surface area contributed by atoms with Gasteiger partial charge in [-0.25, -0.2) is 0 Å². The monoisotopic (exact) mass is 204 g/mol. The van der Waals surface area contributed by atoms with Gasteiger partial charge in [0.25, 0.3) is 0 Å². The summed E-state index contributed by atoms with van der Waals surface area (Å²) in [5.74, 6) is 0. The van der Waals surface area contributed by atoms with Gasteiger partial charge in [0.05, 0.1) is 0 Å². The van der Waals surface area contributed by atoms with Gasteiger partial charge in [0.1, 0.15) is 0 Å². The zero-order valence-corrected chi connectivity index (χ0v) is 10.2. The Morgan fingerprint density at radius 3 is 2.08 bits per heavy atom. The third-order valence-electron chi connectivity index (χ3n) is 1.72. The Balaban J connectivity index is 0. The summed E-state index contributed by atoms with van der Waals surface area (Å²) in [7, 11) is 3.38. The van der Waals surface area contributed by atoms with Crippen molar-refractivity contribution in [1.29, 1.82) is 0 Å². The van der Waals surface area contributed by atoms with E-state index in [2.05, 4.69) is 0 Å². The van der Waals surface area contributed by atoms with Gasteiger partial charge in [0.15, 0.2) is 0 Å². The number of methoxy groups -OCH3 is 2. The smallest absolute Gasteiger partial charge is 1.00 e. The van der Waals surface area contributed by atoms with Crippen molar-refractivity contribution in [3.05, 3.63) is 0 Å². The first-order chi connectivity index (χ1) is 5.35. The maximum absolute atomic E-state index is 5.06. The summed E-state index contributed by atoms with van der Waals surface area (Å²) in [6.45, 7) is 0. The van der Waals surface area contributed by atoms with Crippen LogP contribution in [0.5, 0.6) is 0 Å². The Morgan fingerprint density at radius 2 is 1.67 bits per heavy atom. The molecule has 0 radical (unpaired) electrons. The molecule has 70 valence electrons. The fourth-order valence-corrected chi connectivity index (χ4v) is 1.35. The molecule has 0 rings (SSSR count). The van der Waals surface area contributed by atoms with Gasteiger partial charge in [-0.15, -0.1) is 0 Å². The third-order valence-corrected chi connectivity index (χ3v) is 2.22. The molecule has 12 heavy (non-hydrogen) atoms. The fourth-order valence-electron chi connectivity index (χ4n) is 0.996. The quantitative estimate of drug-likeness (QED) is 0.294. The molecule has 0 atom stereocenters. The van der Waals surface area contributed by atoms with E-state index in [0.29, 0.717) is 0 Å². The molecule has 0 aromatic rings. The summed E-state index contributed by atoms with van der Waals surface area (Å²) in [5.41, 5.74) is 0. The topological polar surface area (TPSA) is 18.5 Å². The van der Waals surface area contributed by atoms with E-state index in [1.54, 1.807) is 14.2 Å². The van der Waals surface area contributed by atoms with Gasteiger partial charge in [-0.3, -0.25) is 0 Å². The molecule has 0 N–H and O–H groups in total. The molecule has 0 unspecified atom stereocenters. The summed E-state index contributed by atoms with van der Waals surface area (Å²) in [5, 5.41) is 0. The van der Waals surface area contributed by atoms with Crippen LogP contribution in [0.2, 0.25) is 4.55 Å². The van der Waals surface area contributed by atoms with Crippen LogP contribution in [0.15, 0.2) is 0 Å². The van der Waals surface area contributed by atoms with E-state index in [9.17, 15) is 0 Å². The Morgan fingerprint density at radius 1 is 1.08 bits per heavy atom. The van der Waals surface area contributed by atoms with Gasteiger partial charge in [0, 0.05) is 0 Å². The number of halogens is 1. The van der Waals surface area contributed by atoms with Gasteiger partial charge in [-0.1, -0.05) is 0 Å². The zero-order chi connectivity index (χ0) is 8.53. The second kappa shape index (κ2) is 12.0. The van der Waals surface area contributed by atoms with Crippen LogP contribution in [-0.2, 0) is 9.47 Å². The zero-order valence-electron chi connectivity index (χ0n) is 8.01. The summed E-state index contributed by atoms with van der Waals surface area (Å²) in [6, 6.07) is 0. The third kappa shape index (κ3) is 9.07. The van der Waals surface area contributed by atoms with Crippen LogP contribution in [-0.4, -0.2) is 42.2 Å². The molecule has 2 nitrogen and oxygen atoms in total. The predicted molar refractivity (Wildman–Crippen MR) is 46.8 cm³/mol. The molecule has 0 aliphatic heterocycles. The first kappa shape index (κ1) is 15.4. The molecule has 0 amide bonds. The van der Waals surface area contributed by atoms with E-state index in [-0.39, 0.29) is 18.7 Å². The summed E-state index contributed by atoms with van der Waals surface area (Å²) in [4.78, 5) is 0. The van der Waals surface area contributed by atoms with Crippen molar-refractivity contribution in [2.75, 3.05) is 14.2 Å². The molecule has 0 aromatic carbocycles. The van der Waals surface area contributed by atoms with E-state index in [1.165, 1.54) is 23.8 Å². The maximum Gasteiger partial charge on any atom is -1.00 e. The second-order valence-electron chi connectivity index (χ2n) is 2.60. The van der Waals surface area contributed by atoms with Crippen molar-refractivity contribution >= 4 is 21.7 Å². The van der Waals surface area contributed by atoms with Crippen molar-refractivity contribution in [2.45, 2.75) is 36.5 Å². The molecule has 0 fully saturated rings. The van der Waals surface area contributed by atoms with Gasteiger partial charge in [0.2, 0.25) is 0 Å². The second-order valence-corrected chi connectivity index (χ2v) is 3.31.